The summed E-state index contributed by atoms with van der Waals surface area (Å²) in [5, 5.41) is 12.0. The molecular formula is C19H35O3. The summed E-state index contributed by atoms with van der Waals surface area (Å²) in [7, 11) is 0. The van der Waals surface area contributed by atoms with Crippen molar-refractivity contribution in [2.24, 2.45) is 11.3 Å². The van der Waals surface area contributed by atoms with E-state index < -0.39 is 17.7 Å². The van der Waals surface area contributed by atoms with Crippen LogP contribution in [0.2, 0.25) is 0 Å². The Bertz CT molecular complexity index is 335. The molecule has 0 saturated heterocycles. The molecule has 1 saturated carbocycles. The fourth-order valence-corrected chi connectivity index (χ4v) is 3.31. The molecule has 1 radical (unpaired) electrons. The fraction of sp³-hybridized carbons (Fsp3) is 0.947. The molecule has 129 valence electrons. The highest BCUT2D eigenvalue weighted by molar-refractivity contribution is 5.74. The summed E-state index contributed by atoms with van der Waals surface area (Å²) in [6.45, 7) is 10.5. The predicted molar refractivity (Wildman–Crippen MR) is 89.1 cm³/mol. The molecule has 0 amide bonds. The van der Waals surface area contributed by atoms with E-state index in [0.717, 1.165) is 32.1 Å². The van der Waals surface area contributed by atoms with Crippen LogP contribution in [0, 0.1) is 11.3 Å². The number of hydrogen-bond donors (Lipinski definition) is 0. The Labute approximate surface area is 136 Å². The van der Waals surface area contributed by atoms with Gasteiger partial charge in [0.2, 0.25) is 0 Å². The van der Waals surface area contributed by atoms with Gasteiger partial charge in [0.25, 0.3) is 0 Å². The topological polar surface area (TPSA) is 46.2 Å². The highest BCUT2D eigenvalue weighted by atomic mass is 16.6. The molecule has 1 atom stereocenters. The van der Waals surface area contributed by atoms with Crippen molar-refractivity contribution in [3.05, 3.63) is 0 Å². The van der Waals surface area contributed by atoms with Crippen molar-refractivity contribution in [2.75, 3.05) is 0 Å². The molecule has 1 unspecified atom stereocenters. The van der Waals surface area contributed by atoms with Crippen LogP contribution in [0.5, 0.6) is 0 Å². The maximum Gasteiger partial charge on any atom is 0.339 e. The smallest absolute Gasteiger partial charge is 0.339 e. The molecule has 0 aromatic carbocycles. The SMILES string of the molecule is CC(C)(C)CCCCC([O])C(=O)OC(C)(C)C1CCCCC1. The van der Waals surface area contributed by atoms with E-state index in [2.05, 4.69) is 20.8 Å². The van der Waals surface area contributed by atoms with Gasteiger partial charge in [-0.2, -0.15) is 0 Å². The second-order valence-electron chi connectivity index (χ2n) is 8.65. The van der Waals surface area contributed by atoms with Crippen molar-refractivity contribution < 1.29 is 14.6 Å². The van der Waals surface area contributed by atoms with E-state index in [1.807, 2.05) is 13.8 Å². The minimum absolute atomic E-state index is 0.294. The van der Waals surface area contributed by atoms with Gasteiger partial charge in [-0.25, -0.2) is 9.90 Å². The zero-order valence-electron chi connectivity index (χ0n) is 15.2. The molecule has 0 N–H and O–H groups in total. The monoisotopic (exact) mass is 311 g/mol. The number of ether oxygens (including phenoxy) is 1. The Morgan fingerprint density at radius 3 is 2.18 bits per heavy atom. The number of carbonyl (C=O) groups excluding carboxylic acids is 1. The van der Waals surface area contributed by atoms with Crippen molar-refractivity contribution in [3.63, 3.8) is 0 Å². The number of rotatable bonds is 7. The van der Waals surface area contributed by atoms with E-state index in [-0.39, 0.29) is 0 Å². The van der Waals surface area contributed by atoms with Gasteiger partial charge in [0.05, 0.1) is 0 Å². The molecule has 3 heteroatoms. The quantitative estimate of drug-likeness (QED) is 0.473. The standard InChI is InChI=1S/C19H35O3/c1-18(2,3)14-10-9-13-16(20)17(21)22-19(4,5)15-11-7-6-8-12-15/h15-16H,6-14H2,1-5H3. The largest absolute Gasteiger partial charge is 0.457 e. The molecule has 0 aliphatic heterocycles. The zero-order valence-corrected chi connectivity index (χ0v) is 15.2. The third-order valence-electron chi connectivity index (χ3n) is 4.86. The van der Waals surface area contributed by atoms with Crippen molar-refractivity contribution in [2.45, 2.75) is 104 Å². The van der Waals surface area contributed by atoms with Crippen molar-refractivity contribution >= 4 is 5.97 Å². The van der Waals surface area contributed by atoms with E-state index in [1.165, 1.54) is 19.3 Å². The molecule has 1 aliphatic rings. The van der Waals surface area contributed by atoms with E-state index in [4.69, 9.17) is 4.74 Å². The Morgan fingerprint density at radius 2 is 1.64 bits per heavy atom. The molecule has 0 aromatic heterocycles. The molecule has 0 bridgehead atoms. The maximum absolute atomic E-state index is 12.1. The molecule has 0 spiro atoms. The van der Waals surface area contributed by atoms with Crippen molar-refractivity contribution in [1.29, 1.82) is 0 Å². The summed E-state index contributed by atoms with van der Waals surface area (Å²) in [5.74, 6) is -0.148. The minimum atomic E-state index is -1.22. The summed E-state index contributed by atoms with van der Waals surface area (Å²) in [6, 6.07) is 0. The Balaban J connectivity index is 2.33. The van der Waals surface area contributed by atoms with Crippen LogP contribution in [0.25, 0.3) is 0 Å². The highest BCUT2D eigenvalue weighted by Crippen LogP contribution is 2.35. The summed E-state index contributed by atoms with van der Waals surface area (Å²) in [6.07, 6.45) is 7.98. The summed E-state index contributed by atoms with van der Waals surface area (Å²) < 4.78 is 5.59. The minimum Gasteiger partial charge on any atom is -0.457 e. The van der Waals surface area contributed by atoms with Gasteiger partial charge in [-0.05, 0) is 50.9 Å². The number of hydrogen-bond acceptors (Lipinski definition) is 2. The van der Waals surface area contributed by atoms with Crippen LogP contribution < -0.4 is 0 Å². The third kappa shape index (κ3) is 7.13. The van der Waals surface area contributed by atoms with Crippen LogP contribution in [0.1, 0.15) is 92.4 Å². The van der Waals surface area contributed by atoms with Crippen LogP contribution >= 0.6 is 0 Å². The van der Waals surface area contributed by atoms with E-state index in [9.17, 15) is 9.90 Å². The van der Waals surface area contributed by atoms with Crippen molar-refractivity contribution in [1.82, 2.24) is 0 Å². The van der Waals surface area contributed by atoms with Crippen molar-refractivity contribution in [3.8, 4) is 0 Å². The van der Waals surface area contributed by atoms with Crippen LogP contribution in [0.3, 0.4) is 0 Å². The van der Waals surface area contributed by atoms with E-state index >= 15 is 0 Å². The van der Waals surface area contributed by atoms with Gasteiger partial charge < -0.3 is 4.74 Å². The molecule has 0 aromatic rings. The number of unbranched alkanes of at least 4 members (excludes halogenated alkanes) is 1. The van der Waals surface area contributed by atoms with Gasteiger partial charge in [0.15, 0.2) is 6.10 Å². The first-order chi connectivity index (χ1) is 10.1. The van der Waals surface area contributed by atoms with Crippen LogP contribution in [-0.4, -0.2) is 17.7 Å². The average molecular weight is 311 g/mol. The summed E-state index contributed by atoms with van der Waals surface area (Å²) in [4.78, 5) is 12.1. The fourth-order valence-electron chi connectivity index (χ4n) is 3.31. The van der Waals surface area contributed by atoms with Crippen LogP contribution in [0.4, 0.5) is 0 Å². The van der Waals surface area contributed by atoms with Crippen LogP contribution in [-0.2, 0) is 14.6 Å². The lowest BCUT2D eigenvalue weighted by Crippen LogP contribution is -2.40. The first kappa shape index (κ1) is 19.5. The second kappa shape index (κ2) is 8.33. The first-order valence-electron chi connectivity index (χ1n) is 9.00. The molecule has 1 rings (SSSR count). The van der Waals surface area contributed by atoms with Gasteiger partial charge >= 0.3 is 5.97 Å². The average Bonchev–Trinajstić information content (AvgIpc) is 2.43. The van der Waals surface area contributed by atoms with Crippen LogP contribution in [0.15, 0.2) is 0 Å². The molecular weight excluding hydrogens is 276 g/mol. The second-order valence-corrected chi connectivity index (χ2v) is 8.65. The third-order valence-corrected chi connectivity index (χ3v) is 4.86. The van der Waals surface area contributed by atoms with E-state index in [0.29, 0.717) is 17.8 Å². The first-order valence-corrected chi connectivity index (χ1v) is 9.00. The van der Waals surface area contributed by atoms with Gasteiger partial charge in [0, 0.05) is 0 Å². The lowest BCUT2D eigenvalue weighted by molar-refractivity contribution is -0.177. The Morgan fingerprint density at radius 1 is 1.05 bits per heavy atom. The Kier molecular flexibility index (Phi) is 7.37. The van der Waals surface area contributed by atoms with Gasteiger partial charge in [-0.1, -0.05) is 52.9 Å². The summed E-state index contributed by atoms with van der Waals surface area (Å²) in [5.41, 5.74) is -0.201. The lowest BCUT2D eigenvalue weighted by atomic mass is 9.79. The van der Waals surface area contributed by atoms with Gasteiger partial charge in [0.1, 0.15) is 5.60 Å². The number of esters is 1. The lowest BCUT2D eigenvalue weighted by Gasteiger charge is -2.36. The van der Waals surface area contributed by atoms with Gasteiger partial charge in [-0.15, -0.1) is 0 Å². The molecule has 0 heterocycles. The predicted octanol–water partition coefficient (Wildman–Crippen LogP) is 5.29. The molecule has 3 nitrogen and oxygen atoms in total. The molecule has 1 aliphatic carbocycles. The number of carbonyl (C=O) groups is 1. The van der Waals surface area contributed by atoms with E-state index in [1.54, 1.807) is 0 Å². The highest BCUT2D eigenvalue weighted by Gasteiger charge is 2.35. The Hall–Kier alpha value is -0.570. The normalized spacial score (nSPS) is 19.0. The summed E-state index contributed by atoms with van der Waals surface area (Å²) >= 11 is 0. The maximum atomic E-state index is 12.1. The zero-order chi connectivity index (χ0) is 16.8. The molecule has 22 heavy (non-hydrogen) atoms. The molecule has 1 fully saturated rings. The van der Waals surface area contributed by atoms with Gasteiger partial charge in [-0.3, -0.25) is 0 Å².